The topological polar surface area (TPSA) is 0 Å². The van der Waals surface area contributed by atoms with Crippen LogP contribution in [0.3, 0.4) is 0 Å². The largest absolute Gasteiger partial charge is 0.326 e. The quantitative estimate of drug-likeness (QED) is 0.416. The van der Waals surface area contributed by atoms with Gasteiger partial charge in [-0.2, -0.15) is 0 Å². The van der Waals surface area contributed by atoms with Crippen molar-refractivity contribution in [3.63, 3.8) is 0 Å². The van der Waals surface area contributed by atoms with Gasteiger partial charge in [-0.1, -0.05) is 0 Å². The standard InChI is InChI=1S/C7H16N/c1-7-5-4-6-8(7,2)3/h7H,4-6H2,1-3H3/q+1/t7-/m1/s1. The molecule has 1 saturated heterocycles. The van der Waals surface area contributed by atoms with E-state index in [0.29, 0.717) is 0 Å². The van der Waals surface area contributed by atoms with Gasteiger partial charge in [-0.15, -0.1) is 0 Å². The summed E-state index contributed by atoms with van der Waals surface area (Å²) in [6.07, 6.45) is 2.85. The summed E-state index contributed by atoms with van der Waals surface area (Å²) in [7, 11) is 4.63. The van der Waals surface area contributed by atoms with Crippen LogP contribution in [-0.4, -0.2) is 31.2 Å². The molecule has 1 aliphatic rings. The summed E-state index contributed by atoms with van der Waals surface area (Å²) in [5, 5.41) is 0. The maximum absolute atomic E-state index is 2.34. The lowest BCUT2D eigenvalue weighted by molar-refractivity contribution is -0.900. The van der Waals surface area contributed by atoms with Crippen molar-refractivity contribution in [2.24, 2.45) is 0 Å². The molecular weight excluding hydrogens is 98.1 g/mol. The molecule has 1 nitrogen and oxygen atoms in total. The van der Waals surface area contributed by atoms with Crippen molar-refractivity contribution in [3.8, 4) is 0 Å². The van der Waals surface area contributed by atoms with Crippen LogP contribution >= 0.6 is 0 Å². The minimum absolute atomic E-state index is 0.898. The summed E-state index contributed by atoms with van der Waals surface area (Å²) >= 11 is 0. The van der Waals surface area contributed by atoms with Gasteiger partial charge in [0.2, 0.25) is 0 Å². The number of hydrogen-bond acceptors (Lipinski definition) is 0. The smallest absolute Gasteiger partial charge is 0.0859 e. The van der Waals surface area contributed by atoms with E-state index in [1.807, 2.05) is 0 Å². The number of rotatable bonds is 0. The Kier molecular flexibility index (Phi) is 1.31. The summed E-state index contributed by atoms with van der Waals surface area (Å²) < 4.78 is 1.24. The van der Waals surface area contributed by atoms with E-state index >= 15 is 0 Å². The van der Waals surface area contributed by atoms with Crippen molar-refractivity contribution in [1.29, 1.82) is 0 Å². The van der Waals surface area contributed by atoms with Gasteiger partial charge >= 0.3 is 0 Å². The molecule has 1 atom stereocenters. The molecule has 0 aromatic carbocycles. The molecule has 0 unspecified atom stereocenters. The van der Waals surface area contributed by atoms with E-state index in [-0.39, 0.29) is 0 Å². The Labute approximate surface area is 51.9 Å². The van der Waals surface area contributed by atoms with Gasteiger partial charge in [0, 0.05) is 12.8 Å². The van der Waals surface area contributed by atoms with Crippen molar-refractivity contribution in [1.82, 2.24) is 0 Å². The lowest BCUT2D eigenvalue weighted by Crippen LogP contribution is -2.41. The number of hydrogen-bond donors (Lipinski definition) is 0. The van der Waals surface area contributed by atoms with E-state index in [1.165, 1.54) is 23.9 Å². The fraction of sp³-hybridized carbons (Fsp3) is 1.00. The minimum atomic E-state index is 0.898. The molecule has 0 amide bonds. The van der Waals surface area contributed by atoms with Crippen LogP contribution < -0.4 is 0 Å². The van der Waals surface area contributed by atoms with Crippen LogP contribution in [0.5, 0.6) is 0 Å². The van der Waals surface area contributed by atoms with Crippen LogP contribution in [0.25, 0.3) is 0 Å². The van der Waals surface area contributed by atoms with Crippen molar-refractivity contribution in [2.75, 3.05) is 20.6 Å². The first-order valence-electron chi connectivity index (χ1n) is 3.45. The maximum atomic E-state index is 2.34. The van der Waals surface area contributed by atoms with Crippen molar-refractivity contribution < 1.29 is 4.48 Å². The Balaban J connectivity index is 2.54. The van der Waals surface area contributed by atoms with Crippen LogP contribution in [0.2, 0.25) is 0 Å². The van der Waals surface area contributed by atoms with E-state index < -0.39 is 0 Å². The molecule has 0 saturated carbocycles. The second-order valence-electron chi connectivity index (χ2n) is 3.49. The zero-order valence-corrected chi connectivity index (χ0v) is 6.15. The van der Waals surface area contributed by atoms with Crippen LogP contribution in [-0.2, 0) is 0 Å². The van der Waals surface area contributed by atoms with Gasteiger partial charge in [0.25, 0.3) is 0 Å². The van der Waals surface area contributed by atoms with Crippen LogP contribution in [0.4, 0.5) is 0 Å². The van der Waals surface area contributed by atoms with Crippen LogP contribution in [0.1, 0.15) is 19.8 Å². The maximum Gasteiger partial charge on any atom is 0.0859 e. The molecule has 0 spiro atoms. The van der Waals surface area contributed by atoms with E-state index in [1.54, 1.807) is 0 Å². The van der Waals surface area contributed by atoms with Gasteiger partial charge in [-0.05, 0) is 6.92 Å². The molecule has 1 heteroatoms. The van der Waals surface area contributed by atoms with Gasteiger partial charge in [0.15, 0.2) is 0 Å². The molecule has 0 aliphatic carbocycles. The molecule has 0 radical (unpaired) electrons. The molecule has 0 aromatic rings. The van der Waals surface area contributed by atoms with E-state index in [9.17, 15) is 0 Å². The Bertz CT molecular complexity index is 86.4. The molecule has 1 fully saturated rings. The highest BCUT2D eigenvalue weighted by atomic mass is 15.3. The third-order valence-corrected chi connectivity index (χ3v) is 2.55. The SMILES string of the molecule is C[C@@H]1CCC[N+]1(C)C. The second-order valence-corrected chi connectivity index (χ2v) is 3.49. The van der Waals surface area contributed by atoms with Gasteiger partial charge in [-0.25, -0.2) is 0 Å². The minimum Gasteiger partial charge on any atom is -0.326 e. The third kappa shape index (κ3) is 0.873. The van der Waals surface area contributed by atoms with Crippen LogP contribution in [0, 0.1) is 0 Å². The summed E-state index contributed by atoms with van der Waals surface area (Å²) in [4.78, 5) is 0. The number of quaternary nitrogens is 1. The third-order valence-electron chi connectivity index (χ3n) is 2.55. The fourth-order valence-electron chi connectivity index (χ4n) is 1.36. The Hall–Kier alpha value is -0.0400. The van der Waals surface area contributed by atoms with E-state index in [4.69, 9.17) is 0 Å². The molecule has 48 valence electrons. The summed E-state index contributed by atoms with van der Waals surface area (Å²) in [5.74, 6) is 0. The lowest BCUT2D eigenvalue weighted by atomic mass is 10.2. The van der Waals surface area contributed by atoms with Crippen molar-refractivity contribution >= 4 is 0 Å². The highest BCUT2D eigenvalue weighted by Gasteiger charge is 2.29. The number of nitrogens with zero attached hydrogens (tertiary/aromatic N) is 1. The first-order chi connectivity index (χ1) is 3.63. The predicted octanol–water partition coefficient (Wildman–Crippen LogP) is 1.25. The fourth-order valence-corrected chi connectivity index (χ4v) is 1.36. The molecule has 0 bridgehead atoms. The van der Waals surface area contributed by atoms with Gasteiger partial charge in [-0.3, -0.25) is 0 Å². The number of likely N-dealkylation sites (tertiary alicyclic amines) is 1. The molecule has 0 aromatic heterocycles. The summed E-state index contributed by atoms with van der Waals surface area (Å²) in [6.45, 7) is 3.72. The second kappa shape index (κ2) is 1.73. The van der Waals surface area contributed by atoms with Crippen molar-refractivity contribution in [2.45, 2.75) is 25.8 Å². The van der Waals surface area contributed by atoms with Gasteiger partial charge in [0.1, 0.15) is 0 Å². The zero-order valence-electron chi connectivity index (χ0n) is 6.15. The molecule has 1 rings (SSSR count). The summed E-state index contributed by atoms with van der Waals surface area (Å²) in [5.41, 5.74) is 0. The normalized spacial score (nSPS) is 35.6. The molecule has 8 heavy (non-hydrogen) atoms. The molecule has 1 aliphatic heterocycles. The summed E-state index contributed by atoms with van der Waals surface area (Å²) in [6, 6.07) is 0.898. The van der Waals surface area contributed by atoms with Gasteiger partial charge in [0.05, 0.1) is 26.7 Å². The average Bonchev–Trinajstić information content (AvgIpc) is 1.86. The van der Waals surface area contributed by atoms with Crippen molar-refractivity contribution in [3.05, 3.63) is 0 Å². The predicted molar refractivity (Wildman–Crippen MR) is 35.7 cm³/mol. The lowest BCUT2D eigenvalue weighted by Gasteiger charge is -2.28. The molecular formula is C7H16N+. The Morgan fingerprint density at radius 3 is 2.12 bits per heavy atom. The Morgan fingerprint density at radius 2 is 2.00 bits per heavy atom. The van der Waals surface area contributed by atoms with Crippen LogP contribution in [0.15, 0.2) is 0 Å². The van der Waals surface area contributed by atoms with E-state index in [0.717, 1.165) is 6.04 Å². The Morgan fingerprint density at radius 1 is 1.38 bits per heavy atom. The zero-order chi connectivity index (χ0) is 6.20. The highest BCUT2D eigenvalue weighted by Crippen LogP contribution is 2.20. The monoisotopic (exact) mass is 114 g/mol. The average molecular weight is 114 g/mol. The van der Waals surface area contributed by atoms with E-state index in [2.05, 4.69) is 21.0 Å². The first-order valence-corrected chi connectivity index (χ1v) is 3.45. The molecule has 1 heterocycles. The highest BCUT2D eigenvalue weighted by molar-refractivity contribution is 4.58. The molecule has 0 N–H and O–H groups in total. The first kappa shape index (κ1) is 6.09. The van der Waals surface area contributed by atoms with Gasteiger partial charge < -0.3 is 4.48 Å².